The first kappa shape index (κ1) is 21.7. The van der Waals surface area contributed by atoms with Crippen molar-refractivity contribution in [1.82, 2.24) is 10.0 Å². The number of rotatable bonds is 5. The molecule has 0 aliphatic carbocycles. The highest BCUT2D eigenvalue weighted by Crippen LogP contribution is 2.53. The van der Waals surface area contributed by atoms with Crippen molar-refractivity contribution < 1.29 is 28.9 Å². The highest BCUT2D eigenvalue weighted by Gasteiger charge is 2.58. The number of fused-ring (bicyclic) bond motifs is 1. The number of nitrogens with zero attached hydrogens (tertiary/aromatic N) is 2. The Morgan fingerprint density at radius 2 is 1.78 bits per heavy atom. The van der Waals surface area contributed by atoms with Crippen LogP contribution < -0.4 is 4.74 Å². The molecule has 0 bridgehead atoms. The van der Waals surface area contributed by atoms with E-state index in [0.717, 1.165) is 16.1 Å². The van der Waals surface area contributed by atoms with E-state index in [4.69, 9.17) is 14.2 Å². The van der Waals surface area contributed by atoms with Crippen molar-refractivity contribution in [3.05, 3.63) is 77.0 Å². The molecule has 2 aromatic rings. The average molecular weight is 438 g/mol. The van der Waals surface area contributed by atoms with Crippen LogP contribution in [0, 0.1) is 0 Å². The topological polar surface area (TPSA) is 88.5 Å². The first-order chi connectivity index (χ1) is 15.4. The Morgan fingerprint density at radius 1 is 1.09 bits per heavy atom. The van der Waals surface area contributed by atoms with E-state index in [-0.39, 0.29) is 19.4 Å². The molecule has 2 aromatic carbocycles. The smallest absolute Gasteiger partial charge is 0.430 e. The molecule has 0 aromatic heterocycles. The highest BCUT2D eigenvalue weighted by molar-refractivity contribution is 5.90. The second kappa shape index (κ2) is 8.55. The van der Waals surface area contributed by atoms with Gasteiger partial charge in [-0.3, -0.25) is 5.01 Å². The number of ether oxygens (including phenoxy) is 3. The van der Waals surface area contributed by atoms with Crippen molar-refractivity contribution in [3.8, 4) is 5.75 Å². The number of esters is 1. The lowest BCUT2D eigenvalue weighted by Crippen LogP contribution is -2.48. The molecule has 8 heteroatoms. The summed E-state index contributed by atoms with van der Waals surface area (Å²) in [6, 6.07) is 16.8. The van der Waals surface area contributed by atoms with Crippen molar-refractivity contribution in [1.29, 1.82) is 0 Å². The van der Waals surface area contributed by atoms with Gasteiger partial charge in [-0.25, -0.2) is 9.59 Å². The molecule has 1 saturated heterocycles. The molecule has 1 fully saturated rings. The summed E-state index contributed by atoms with van der Waals surface area (Å²) in [5, 5.41) is 13.6. The maximum absolute atomic E-state index is 13.0. The summed E-state index contributed by atoms with van der Waals surface area (Å²) in [5.41, 5.74) is 1.90. The Bertz CT molecular complexity index is 1040. The Hall–Kier alpha value is -3.52. The van der Waals surface area contributed by atoms with Crippen molar-refractivity contribution in [2.75, 3.05) is 14.2 Å². The molecule has 2 aliphatic rings. The SMILES string of the molecule is COC(=O)N1[C@H](O)C[C@]2(c3ccc(OC)cc3)CC(C(=O)OCc3ccccc3)=C(C)N12. The summed E-state index contributed by atoms with van der Waals surface area (Å²) in [6.07, 6.45) is -1.31. The van der Waals surface area contributed by atoms with Gasteiger partial charge < -0.3 is 19.3 Å². The second-order valence-electron chi connectivity index (χ2n) is 7.87. The fourth-order valence-electron chi connectivity index (χ4n) is 4.56. The van der Waals surface area contributed by atoms with Crippen LogP contribution >= 0.6 is 0 Å². The third kappa shape index (κ3) is 3.56. The summed E-state index contributed by atoms with van der Waals surface area (Å²) in [4.78, 5) is 25.6. The monoisotopic (exact) mass is 438 g/mol. The third-order valence-electron chi connectivity index (χ3n) is 6.10. The van der Waals surface area contributed by atoms with Gasteiger partial charge in [-0.2, -0.15) is 5.01 Å². The number of hydrogen-bond acceptors (Lipinski definition) is 7. The van der Waals surface area contributed by atoms with E-state index in [2.05, 4.69) is 0 Å². The lowest BCUT2D eigenvalue weighted by atomic mass is 9.83. The Balaban J connectivity index is 1.68. The number of carbonyl (C=O) groups is 2. The maximum atomic E-state index is 13.0. The van der Waals surface area contributed by atoms with Gasteiger partial charge in [0.1, 0.15) is 12.4 Å². The number of hydrazine groups is 1. The number of aliphatic hydroxyl groups is 1. The van der Waals surface area contributed by atoms with E-state index < -0.39 is 23.8 Å². The van der Waals surface area contributed by atoms with E-state index in [1.165, 1.54) is 7.11 Å². The van der Waals surface area contributed by atoms with Crippen molar-refractivity contribution in [3.63, 3.8) is 0 Å². The summed E-state index contributed by atoms with van der Waals surface area (Å²) in [5.74, 6) is 0.234. The molecule has 8 nitrogen and oxygen atoms in total. The van der Waals surface area contributed by atoms with E-state index >= 15 is 0 Å². The summed E-state index contributed by atoms with van der Waals surface area (Å²) < 4.78 is 15.7. The van der Waals surface area contributed by atoms with Crippen LogP contribution in [-0.2, 0) is 26.4 Å². The van der Waals surface area contributed by atoms with Crippen molar-refractivity contribution in [2.24, 2.45) is 0 Å². The number of benzene rings is 2. The number of carbonyl (C=O) groups excluding carboxylic acids is 2. The predicted molar refractivity (Wildman–Crippen MR) is 115 cm³/mol. The molecular weight excluding hydrogens is 412 g/mol. The molecule has 168 valence electrons. The lowest BCUT2D eigenvalue weighted by Gasteiger charge is -2.38. The minimum atomic E-state index is -1.10. The van der Waals surface area contributed by atoms with Gasteiger partial charge in [0.05, 0.1) is 25.3 Å². The molecule has 2 aliphatic heterocycles. The van der Waals surface area contributed by atoms with Crippen LogP contribution in [0.2, 0.25) is 0 Å². The van der Waals surface area contributed by atoms with E-state index in [1.54, 1.807) is 19.0 Å². The number of methoxy groups -OCH3 is 2. The first-order valence-corrected chi connectivity index (χ1v) is 10.3. The lowest BCUT2D eigenvalue weighted by molar-refractivity contribution is -0.140. The Labute approximate surface area is 186 Å². The maximum Gasteiger partial charge on any atom is 0.430 e. The zero-order chi connectivity index (χ0) is 22.9. The van der Waals surface area contributed by atoms with Gasteiger partial charge in [0.2, 0.25) is 0 Å². The Morgan fingerprint density at radius 3 is 2.41 bits per heavy atom. The molecule has 0 spiro atoms. The summed E-state index contributed by atoms with van der Waals surface area (Å²) in [7, 11) is 2.84. The molecule has 0 saturated carbocycles. The molecule has 2 atom stereocenters. The van der Waals surface area contributed by atoms with Crippen LogP contribution in [0.4, 0.5) is 4.79 Å². The minimum Gasteiger partial charge on any atom is -0.497 e. The standard InChI is InChI=1S/C24H26N2O6/c1-16-20(22(28)32-15-17-7-5-4-6-8-17)13-24(18-9-11-19(30-2)12-10-18)14-21(27)25(26(16)24)23(29)31-3/h4-12,21,27H,13-15H2,1-3H3/t21-,24+/m1/s1. The first-order valence-electron chi connectivity index (χ1n) is 10.3. The van der Waals surface area contributed by atoms with E-state index in [0.29, 0.717) is 17.0 Å². The van der Waals surface area contributed by atoms with Gasteiger partial charge in [0, 0.05) is 18.5 Å². The zero-order valence-corrected chi connectivity index (χ0v) is 18.3. The largest absolute Gasteiger partial charge is 0.497 e. The molecule has 1 N–H and O–H groups in total. The van der Waals surface area contributed by atoms with Gasteiger partial charge in [-0.1, -0.05) is 42.5 Å². The fourth-order valence-corrected chi connectivity index (χ4v) is 4.56. The van der Waals surface area contributed by atoms with Crippen LogP contribution in [0.5, 0.6) is 5.75 Å². The van der Waals surface area contributed by atoms with Crippen molar-refractivity contribution in [2.45, 2.75) is 38.1 Å². The quantitative estimate of drug-likeness (QED) is 0.717. The predicted octanol–water partition coefficient (Wildman–Crippen LogP) is 3.32. The Kier molecular flexibility index (Phi) is 5.80. The normalized spacial score (nSPS) is 22.1. The van der Waals surface area contributed by atoms with Crippen LogP contribution in [-0.4, -0.2) is 47.6 Å². The van der Waals surface area contributed by atoms with Crippen molar-refractivity contribution >= 4 is 12.1 Å². The van der Waals surface area contributed by atoms with Gasteiger partial charge >= 0.3 is 12.1 Å². The van der Waals surface area contributed by atoms with Gasteiger partial charge in [0.25, 0.3) is 0 Å². The minimum absolute atomic E-state index is 0.148. The molecular formula is C24H26N2O6. The molecule has 2 heterocycles. The number of amides is 1. The number of hydrogen-bond donors (Lipinski definition) is 1. The molecule has 1 amide bonds. The average Bonchev–Trinajstić information content (AvgIpc) is 3.28. The van der Waals surface area contributed by atoms with Crippen LogP contribution in [0.15, 0.2) is 65.9 Å². The van der Waals surface area contributed by atoms with Crippen LogP contribution in [0.1, 0.15) is 30.9 Å². The zero-order valence-electron chi connectivity index (χ0n) is 18.3. The molecule has 0 unspecified atom stereocenters. The van der Waals surface area contributed by atoms with E-state index in [1.807, 2.05) is 54.6 Å². The van der Waals surface area contributed by atoms with Crippen LogP contribution in [0.3, 0.4) is 0 Å². The fraction of sp³-hybridized carbons (Fsp3) is 0.333. The molecule has 4 rings (SSSR count). The van der Waals surface area contributed by atoms with Gasteiger partial charge in [0.15, 0.2) is 6.23 Å². The van der Waals surface area contributed by atoms with Gasteiger partial charge in [-0.05, 0) is 30.2 Å². The van der Waals surface area contributed by atoms with Crippen LogP contribution in [0.25, 0.3) is 0 Å². The number of allylic oxidation sites excluding steroid dienone is 1. The van der Waals surface area contributed by atoms with E-state index in [9.17, 15) is 14.7 Å². The molecule has 32 heavy (non-hydrogen) atoms. The highest BCUT2D eigenvalue weighted by atomic mass is 16.6. The third-order valence-corrected chi connectivity index (χ3v) is 6.10. The van der Waals surface area contributed by atoms with Gasteiger partial charge in [-0.15, -0.1) is 0 Å². The molecule has 0 radical (unpaired) electrons. The summed E-state index contributed by atoms with van der Waals surface area (Å²) >= 11 is 0. The second-order valence-corrected chi connectivity index (χ2v) is 7.87. The number of aliphatic hydroxyl groups excluding tert-OH is 1. The summed E-state index contributed by atoms with van der Waals surface area (Å²) in [6.45, 7) is 1.90.